The van der Waals surface area contributed by atoms with Crippen molar-refractivity contribution in [2.45, 2.75) is 18.9 Å². The zero-order valence-electron chi connectivity index (χ0n) is 12.7. The van der Waals surface area contributed by atoms with Gasteiger partial charge in [-0.3, -0.25) is 4.79 Å². The molecule has 1 unspecified atom stereocenters. The summed E-state index contributed by atoms with van der Waals surface area (Å²) in [6, 6.07) is 6.17. The van der Waals surface area contributed by atoms with E-state index in [1.54, 1.807) is 24.3 Å². The minimum atomic E-state index is -0.727. The molecular weight excluding hydrogens is 300 g/mol. The molecule has 0 aromatic heterocycles. The molecule has 1 atom stereocenters. The number of nitrogens with two attached hydrogens (primary N) is 1. The average molecular weight is 320 g/mol. The lowest BCUT2D eigenvalue weighted by Gasteiger charge is -2.11. The van der Waals surface area contributed by atoms with Crippen molar-refractivity contribution in [1.29, 1.82) is 0 Å². The standard InChI is InChI=1S/C15H20N4O4/c16-15(21)19-18-8-11-3-5-12(6-4-11)23-10-14(20)17-9-13-2-1-7-22-13/h3-6,8,13H,1-2,7,9-10H2,(H,17,20)(H3,16,19,21). The fourth-order valence-electron chi connectivity index (χ4n) is 2.05. The van der Waals surface area contributed by atoms with Crippen molar-refractivity contribution >= 4 is 18.2 Å². The maximum absolute atomic E-state index is 11.7. The maximum atomic E-state index is 11.7. The monoisotopic (exact) mass is 320 g/mol. The van der Waals surface area contributed by atoms with Gasteiger partial charge in [-0.25, -0.2) is 10.2 Å². The van der Waals surface area contributed by atoms with Crippen LogP contribution in [0.2, 0.25) is 0 Å². The molecule has 0 spiro atoms. The van der Waals surface area contributed by atoms with Crippen LogP contribution < -0.4 is 21.2 Å². The summed E-state index contributed by atoms with van der Waals surface area (Å²) >= 11 is 0. The SMILES string of the molecule is NC(=O)NN=Cc1ccc(OCC(=O)NCC2CCCO2)cc1. The molecule has 0 bridgehead atoms. The highest BCUT2D eigenvalue weighted by Gasteiger charge is 2.16. The fourth-order valence-corrected chi connectivity index (χ4v) is 2.05. The van der Waals surface area contributed by atoms with Crippen LogP contribution in [0.25, 0.3) is 0 Å². The third-order valence-electron chi connectivity index (χ3n) is 3.19. The van der Waals surface area contributed by atoms with Gasteiger partial charge in [0.1, 0.15) is 5.75 Å². The Kier molecular flexibility index (Phi) is 6.37. The summed E-state index contributed by atoms with van der Waals surface area (Å²) in [4.78, 5) is 22.1. The number of carbonyl (C=O) groups is 2. The summed E-state index contributed by atoms with van der Waals surface area (Å²) in [6.45, 7) is 1.23. The molecule has 1 aromatic rings. The number of hydrogen-bond acceptors (Lipinski definition) is 5. The number of hydrazone groups is 1. The van der Waals surface area contributed by atoms with Gasteiger partial charge >= 0.3 is 6.03 Å². The number of amides is 3. The Bertz CT molecular complexity index is 553. The van der Waals surface area contributed by atoms with Crippen LogP contribution in [0.5, 0.6) is 5.75 Å². The van der Waals surface area contributed by atoms with Crippen LogP contribution >= 0.6 is 0 Å². The van der Waals surface area contributed by atoms with Crippen molar-refractivity contribution in [3.8, 4) is 5.75 Å². The van der Waals surface area contributed by atoms with Crippen LogP contribution in [0, 0.1) is 0 Å². The van der Waals surface area contributed by atoms with Crippen molar-refractivity contribution in [3.63, 3.8) is 0 Å². The molecule has 1 fully saturated rings. The van der Waals surface area contributed by atoms with Crippen molar-refractivity contribution in [3.05, 3.63) is 29.8 Å². The number of carbonyl (C=O) groups excluding carboxylic acids is 2. The van der Waals surface area contributed by atoms with Gasteiger partial charge in [-0.15, -0.1) is 0 Å². The van der Waals surface area contributed by atoms with Gasteiger partial charge in [0.15, 0.2) is 6.61 Å². The molecule has 23 heavy (non-hydrogen) atoms. The van der Waals surface area contributed by atoms with E-state index in [4.69, 9.17) is 15.2 Å². The number of nitrogens with one attached hydrogen (secondary N) is 2. The second-order valence-electron chi connectivity index (χ2n) is 5.03. The quantitative estimate of drug-likeness (QED) is 0.497. The summed E-state index contributed by atoms with van der Waals surface area (Å²) in [6.07, 6.45) is 3.59. The third kappa shape index (κ3) is 6.35. The molecule has 3 amide bonds. The molecule has 8 heteroatoms. The van der Waals surface area contributed by atoms with Crippen LogP contribution in [-0.4, -0.2) is 44.0 Å². The molecule has 1 saturated heterocycles. The molecule has 1 aromatic carbocycles. The van der Waals surface area contributed by atoms with Gasteiger partial charge in [-0.1, -0.05) is 0 Å². The zero-order chi connectivity index (χ0) is 16.5. The van der Waals surface area contributed by atoms with E-state index in [1.165, 1.54) is 6.21 Å². The molecule has 0 radical (unpaired) electrons. The Morgan fingerprint density at radius 3 is 2.83 bits per heavy atom. The van der Waals surface area contributed by atoms with Gasteiger partial charge in [-0.05, 0) is 42.7 Å². The fraction of sp³-hybridized carbons (Fsp3) is 0.400. The van der Waals surface area contributed by atoms with E-state index in [0.717, 1.165) is 25.0 Å². The minimum Gasteiger partial charge on any atom is -0.484 e. The smallest absolute Gasteiger partial charge is 0.332 e. The molecule has 124 valence electrons. The van der Waals surface area contributed by atoms with Gasteiger partial charge in [0, 0.05) is 13.2 Å². The predicted molar refractivity (Wildman–Crippen MR) is 84.2 cm³/mol. The average Bonchev–Trinajstić information content (AvgIpc) is 3.05. The molecule has 1 aliphatic heterocycles. The van der Waals surface area contributed by atoms with Gasteiger partial charge in [0.25, 0.3) is 5.91 Å². The lowest BCUT2D eigenvalue weighted by Crippen LogP contribution is -2.35. The normalized spacial score (nSPS) is 17.1. The first-order chi connectivity index (χ1) is 11.1. The zero-order valence-corrected chi connectivity index (χ0v) is 12.7. The van der Waals surface area contributed by atoms with Gasteiger partial charge in [0.05, 0.1) is 12.3 Å². The van der Waals surface area contributed by atoms with E-state index in [9.17, 15) is 9.59 Å². The summed E-state index contributed by atoms with van der Waals surface area (Å²) in [7, 11) is 0. The van der Waals surface area contributed by atoms with E-state index in [0.29, 0.717) is 12.3 Å². The summed E-state index contributed by atoms with van der Waals surface area (Å²) in [5.74, 6) is 0.383. The Hall–Kier alpha value is -2.61. The summed E-state index contributed by atoms with van der Waals surface area (Å²) in [5, 5.41) is 6.42. The van der Waals surface area contributed by atoms with Crippen molar-refractivity contribution < 1.29 is 19.1 Å². The van der Waals surface area contributed by atoms with E-state index in [2.05, 4.69) is 15.8 Å². The Balaban J connectivity index is 1.69. The number of ether oxygens (including phenoxy) is 2. The summed E-state index contributed by atoms with van der Waals surface area (Å²) < 4.78 is 10.8. The number of nitrogens with zero attached hydrogens (tertiary/aromatic N) is 1. The van der Waals surface area contributed by atoms with Crippen LogP contribution in [0.1, 0.15) is 18.4 Å². The number of benzene rings is 1. The molecule has 0 saturated carbocycles. The topological polar surface area (TPSA) is 115 Å². The lowest BCUT2D eigenvalue weighted by molar-refractivity contribution is -0.123. The van der Waals surface area contributed by atoms with E-state index >= 15 is 0 Å². The first-order valence-corrected chi connectivity index (χ1v) is 7.33. The molecule has 1 heterocycles. The van der Waals surface area contributed by atoms with E-state index in [-0.39, 0.29) is 18.6 Å². The largest absolute Gasteiger partial charge is 0.484 e. The van der Waals surface area contributed by atoms with Gasteiger partial charge < -0.3 is 20.5 Å². The van der Waals surface area contributed by atoms with Crippen LogP contribution in [0.3, 0.4) is 0 Å². The van der Waals surface area contributed by atoms with Crippen LogP contribution in [0.4, 0.5) is 4.79 Å². The molecule has 4 N–H and O–H groups in total. The third-order valence-corrected chi connectivity index (χ3v) is 3.19. The number of rotatable bonds is 7. The van der Waals surface area contributed by atoms with E-state index in [1.807, 2.05) is 0 Å². The molecule has 2 rings (SSSR count). The van der Waals surface area contributed by atoms with Gasteiger partial charge in [-0.2, -0.15) is 5.10 Å². The van der Waals surface area contributed by atoms with Crippen LogP contribution in [0.15, 0.2) is 29.4 Å². The molecule has 1 aliphatic rings. The highest BCUT2D eigenvalue weighted by Crippen LogP contribution is 2.12. The first kappa shape index (κ1) is 16.8. The molecule has 0 aliphatic carbocycles. The highest BCUT2D eigenvalue weighted by atomic mass is 16.5. The number of urea groups is 1. The van der Waals surface area contributed by atoms with Crippen LogP contribution in [-0.2, 0) is 9.53 Å². The Morgan fingerprint density at radius 1 is 1.39 bits per heavy atom. The number of primary amides is 1. The molecular formula is C15H20N4O4. The maximum Gasteiger partial charge on any atom is 0.332 e. The summed E-state index contributed by atoms with van der Waals surface area (Å²) in [5.41, 5.74) is 7.74. The Labute approximate surface area is 134 Å². The molecule has 8 nitrogen and oxygen atoms in total. The second kappa shape index (κ2) is 8.74. The lowest BCUT2D eigenvalue weighted by atomic mass is 10.2. The predicted octanol–water partition coefficient (Wildman–Crippen LogP) is 0.363. The van der Waals surface area contributed by atoms with E-state index < -0.39 is 6.03 Å². The number of hydrogen-bond donors (Lipinski definition) is 3. The van der Waals surface area contributed by atoms with Crippen molar-refractivity contribution in [2.75, 3.05) is 19.8 Å². The second-order valence-corrected chi connectivity index (χ2v) is 5.03. The first-order valence-electron chi connectivity index (χ1n) is 7.33. The highest BCUT2D eigenvalue weighted by molar-refractivity contribution is 5.81. The van der Waals surface area contributed by atoms with Crippen molar-refractivity contribution in [2.24, 2.45) is 10.8 Å². The van der Waals surface area contributed by atoms with Gasteiger partial charge in [0.2, 0.25) is 0 Å². The minimum absolute atomic E-state index is 0.0522. The van der Waals surface area contributed by atoms with Crippen molar-refractivity contribution in [1.82, 2.24) is 10.7 Å². The Morgan fingerprint density at radius 2 is 2.17 bits per heavy atom.